The van der Waals surface area contributed by atoms with Crippen molar-refractivity contribution in [2.75, 3.05) is 0 Å². The summed E-state index contributed by atoms with van der Waals surface area (Å²) < 4.78 is 0. The third kappa shape index (κ3) is 5.35. The highest BCUT2D eigenvalue weighted by molar-refractivity contribution is 5.74. The normalized spacial score (nSPS) is 12.5. The van der Waals surface area contributed by atoms with Crippen LogP contribution in [0, 0.1) is 0 Å². The summed E-state index contributed by atoms with van der Waals surface area (Å²) in [5.41, 5.74) is 10.4. The van der Waals surface area contributed by atoms with E-state index in [1.807, 2.05) is 0 Å². The first-order valence-electron chi connectivity index (χ1n) is 3.39. The molecule has 0 aliphatic carbocycles. The van der Waals surface area contributed by atoms with Crippen LogP contribution < -0.4 is 16.9 Å². The van der Waals surface area contributed by atoms with Crippen molar-refractivity contribution < 1.29 is 15.3 Å². The van der Waals surface area contributed by atoms with Crippen LogP contribution in [0.25, 0.3) is 0 Å². The van der Waals surface area contributed by atoms with E-state index < -0.39 is 12.0 Å². The molecule has 0 aromatic heterocycles. The molecule has 0 unspecified atom stereocenters. The van der Waals surface area contributed by atoms with Crippen LogP contribution in [0.2, 0.25) is 0 Å². The van der Waals surface area contributed by atoms with Gasteiger partial charge in [0, 0.05) is 6.42 Å². The lowest BCUT2D eigenvalue weighted by Gasteiger charge is -2.02. The van der Waals surface area contributed by atoms with Crippen LogP contribution in [-0.4, -0.2) is 23.0 Å². The van der Waals surface area contributed by atoms with Crippen LogP contribution in [-0.2, 0) is 4.79 Å². The first-order valence-corrected chi connectivity index (χ1v) is 3.39. The monoisotopic (exact) mass is 160 g/mol. The number of carboxylic acids is 1. The zero-order valence-electron chi connectivity index (χ0n) is 6.29. The Hall–Kier alpha value is -1.10. The minimum Gasteiger partial charge on any atom is -0.480 e. The summed E-state index contributed by atoms with van der Waals surface area (Å²) in [6.45, 7) is 0. The second kappa shape index (κ2) is 4.68. The first-order chi connectivity index (χ1) is 5.04. The molecule has 7 N–H and O–H groups in total. The molecule has 5 nitrogen and oxygen atoms in total. The molecule has 1 atom stereocenters. The minimum atomic E-state index is -0.986. The van der Waals surface area contributed by atoms with Gasteiger partial charge in [-0.25, -0.2) is 0 Å². The largest absolute Gasteiger partial charge is 0.480 e. The third-order valence-corrected chi connectivity index (χ3v) is 1.30. The molecule has 64 valence electrons. The predicted octanol–water partition coefficient (Wildman–Crippen LogP) is -2.32. The Kier molecular flexibility index (Phi) is 4.21. The summed E-state index contributed by atoms with van der Waals surface area (Å²) in [4.78, 5) is 10.2. The van der Waals surface area contributed by atoms with Gasteiger partial charge in [-0.3, -0.25) is 15.9 Å². The quantitative estimate of drug-likeness (QED) is 0.267. The SMILES string of the molecule is NC(=[NH2+])CCC[C@H](N)C(=O)O. The average molecular weight is 160 g/mol. The smallest absolute Gasteiger partial charge is 0.320 e. The fraction of sp³-hybridized carbons (Fsp3) is 0.667. The van der Waals surface area contributed by atoms with Crippen molar-refractivity contribution in [1.29, 1.82) is 0 Å². The standard InChI is InChI=1S/C6H13N3O2/c7-4(6(10)11)2-1-3-5(8)9/h4H,1-3,7H2,(H3,8,9)(H,10,11)/p+1/t4-/m0/s1. The van der Waals surface area contributed by atoms with Crippen LogP contribution in [0.4, 0.5) is 0 Å². The van der Waals surface area contributed by atoms with Gasteiger partial charge in [-0.15, -0.1) is 0 Å². The Labute approximate surface area is 64.9 Å². The number of aliphatic carboxylic acids is 1. The number of amidine groups is 1. The number of nitrogens with two attached hydrogens (primary N) is 3. The van der Waals surface area contributed by atoms with Crippen molar-refractivity contribution in [2.45, 2.75) is 25.3 Å². The van der Waals surface area contributed by atoms with E-state index in [0.717, 1.165) is 0 Å². The van der Waals surface area contributed by atoms with E-state index in [1.165, 1.54) is 0 Å². The lowest BCUT2D eigenvalue weighted by Crippen LogP contribution is -2.45. The van der Waals surface area contributed by atoms with Gasteiger partial charge in [0.1, 0.15) is 6.04 Å². The fourth-order valence-corrected chi connectivity index (χ4v) is 0.650. The Morgan fingerprint density at radius 1 is 1.64 bits per heavy atom. The molecule has 0 heterocycles. The van der Waals surface area contributed by atoms with Crippen molar-refractivity contribution in [3.8, 4) is 0 Å². The molecule has 0 bridgehead atoms. The van der Waals surface area contributed by atoms with Gasteiger partial charge in [0.25, 0.3) is 0 Å². The van der Waals surface area contributed by atoms with E-state index in [2.05, 4.69) is 0 Å². The van der Waals surface area contributed by atoms with Crippen LogP contribution >= 0.6 is 0 Å². The number of hydrogen-bond acceptors (Lipinski definition) is 2. The lowest BCUT2D eigenvalue weighted by molar-refractivity contribution is -0.138. The molecule has 5 heteroatoms. The number of hydrogen-bond donors (Lipinski definition) is 4. The molecular formula is C6H14N3O2+. The second-order valence-corrected chi connectivity index (χ2v) is 2.41. The minimum absolute atomic E-state index is 0.322. The number of rotatable bonds is 5. The van der Waals surface area contributed by atoms with Crippen molar-refractivity contribution in [3.63, 3.8) is 0 Å². The van der Waals surface area contributed by atoms with Gasteiger partial charge >= 0.3 is 5.97 Å². The fourth-order valence-electron chi connectivity index (χ4n) is 0.650. The molecule has 0 aromatic rings. The molecular weight excluding hydrogens is 146 g/mol. The summed E-state index contributed by atoms with van der Waals surface area (Å²) in [5, 5.41) is 13.5. The van der Waals surface area contributed by atoms with Crippen molar-refractivity contribution >= 4 is 11.8 Å². The molecule has 11 heavy (non-hydrogen) atoms. The summed E-state index contributed by atoms with van der Waals surface area (Å²) in [5.74, 6) is -0.664. The topological polar surface area (TPSA) is 115 Å². The molecule has 0 fully saturated rings. The summed E-state index contributed by atoms with van der Waals surface area (Å²) >= 11 is 0. The van der Waals surface area contributed by atoms with Gasteiger partial charge in [0.2, 0.25) is 5.84 Å². The second-order valence-electron chi connectivity index (χ2n) is 2.41. The molecule has 0 aliphatic heterocycles. The van der Waals surface area contributed by atoms with Gasteiger partial charge in [-0.05, 0) is 12.8 Å². The van der Waals surface area contributed by atoms with Crippen LogP contribution in [0.3, 0.4) is 0 Å². The maximum Gasteiger partial charge on any atom is 0.320 e. The van der Waals surface area contributed by atoms with E-state index in [-0.39, 0.29) is 0 Å². The van der Waals surface area contributed by atoms with Crippen LogP contribution in [0.5, 0.6) is 0 Å². The van der Waals surface area contributed by atoms with Gasteiger partial charge in [0.15, 0.2) is 0 Å². The molecule has 0 saturated heterocycles. The molecule has 0 amide bonds. The average Bonchev–Trinajstić information content (AvgIpc) is 1.86. The maximum atomic E-state index is 10.2. The zero-order chi connectivity index (χ0) is 8.85. The molecule has 0 aliphatic rings. The first kappa shape index (κ1) is 9.90. The summed E-state index contributed by atoms with van der Waals surface area (Å²) in [7, 11) is 0. The van der Waals surface area contributed by atoms with E-state index >= 15 is 0 Å². The van der Waals surface area contributed by atoms with Crippen molar-refractivity contribution in [1.82, 2.24) is 0 Å². The van der Waals surface area contributed by atoms with Crippen LogP contribution in [0.15, 0.2) is 0 Å². The maximum absolute atomic E-state index is 10.2. The van der Waals surface area contributed by atoms with Gasteiger partial charge in [-0.2, -0.15) is 0 Å². The number of carboxylic acid groups (broad SMARTS) is 1. The molecule has 0 rings (SSSR count). The van der Waals surface area contributed by atoms with E-state index in [0.29, 0.717) is 25.1 Å². The van der Waals surface area contributed by atoms with Crippen molar-refractivity contribution in [2.24, 2.45) is 11.5 Å². The highest BCUT2D eigenvalue weighted by Crippen LogP contribution is 1.97. The predicted molar refractivity (Wildman–Crippen MR) is 40.6 cm³/mol. The molecule has 0 spiro atoms. The summed E-state index contributed by atoms with van der Waals surface area (Å²) in [6.07, 6.45) is 1.56. The summed E-state index contributed by atoms with van der Waals surface area (Å²) in [6, 6.07) is -0.797. The highest BCUT2D eigenvalue weighted by Gasteiger charge is 2.10. The molecule has 0 saturated carbocycles. The van der Waals surface area contributed by atoms with Crippen molar-refractivity contribution in [3.05, 3.63) is 0 Å². The Balaban J connectivity index is 3.39. The molecule has 0 aromatic carbocycles. The highest BCUT2D eigenvalue weighted by atomic mass is 16.4. The Morgan fingerprint density at radius 2 is 2.18 bits per heavy atom. The van der Waals surface area contributed by atoms with E-state index in [9.17, 15) is 4.79 Å². The number of carbonyl (C=O) groups is 1. The van der Waals surface area contributed by atoms with Gasteiger partial charge in [0.05, 0.1) is 0 Å². The van der Waals surface area contributed by atoms with Gasteiger partial charge < -0.3 is 10.8 Å². The van der Waals surface area contributed by atoms with E-state index in [1.54, 1.807) is 0 Å². The third-order valence-electron chi connectivity index (χ3n) is 1.30. The Bertz CT molecular complexity index is 158. The zero-order valence-corrected chi connectivity index (χ0v) is 6.29. The van der Waals surface area contributed by atoms with Crippen LogP contribution in [0.1, 0.15) is 19.3 Å². The molecule has 0 radical (unpaired) electrons. The Morgan fingerprint density at radius 3 is 2.55 bits per heavy atom. The lowest BCUT2D eigenvalue weighted by atomic mass is 10.1. The van der Waals surface area contributed by atoms with E-state index in [4.69, 9.17) is 22.0 Å². The van der Waals surface area contributed by atoms with Gasteiger partial charge in [-0.1, -0.05) is 0 Å².